The van der Waals surface area contributed by atoms with Gasteiger partial charge < -0.3 is 23.7 Å². The molecule has 0 aromatic heterocycles. The molecule has 210 valence electrons. The zero-order chi connectivity index (χ0) is 26.4. The Hall–Kier alpha value is -2.08. The molecule has 0 saturated carbocycles. The molecule has 0 spiro atoms. The van der Waals surface area contributed by atoms with Crippen molar-refractivity contribution in [3.05, 3.63) is 59.7 Å². The molecule has 5 heteroatoms. The molecule has 2 heterocycles. The lowest BCUT2D eigenvalue weighted by Crippen LogP contribution is -2.45. The van der Waals surface area contributed by atoms with E-state index < -0.39 is 0 Å². The van der Waals surface area contributed by atoms with Gasteiger partial charge in [-0.2, -0.15) is 0 Å². The van der Waals surface area contributed by atoms with Crippen molar-refractivity contribution in [2.75, 3.05) is 19.8 Å². The fraction of sp³-hybridized carbons (Fsp3) is 0.636. The van der Waals surface area contributed by atoms with Gasteiger partial charge in [0.25, 0.3) is 0 Å². The highest BCUT2D eigenvalue weighted by Crippen LogP contribution is 2.39. The Labute approximate surface area is 230 Å². The van der Waals surface area contributed by atoms with Gasteiger partial charge in [0.2, 0.25) is 0 Å². The summed E-state index contributed by atoms with van der Waals surface area (Å²) in [5.41, 5.74) is 2.23. The second-order valence-electron chi connectivity index (χ2n) is 10.7. The summed E-state index contributed by atoms with van der Waals surface area (Å²) < 4.78 is 30.6. The van der Waals surface area contributed by atoms with Gasteiger partial charge in [-0.05, 0) is 55.5 Å². The highest BCUT2D eigenvalue weighted by molar-refractivity contribution is 5.29. The molecule has 5 nitrogen and oxygen atoms in total. The predicted octanol–water partition coefficient (Wildman–Crippen LogP) is 8.72. The smallest absolute Gasteiger partial charge is 0.184 e. The van der Waals surface area contributed by atoms with Crippen LogP contribution >= 0.6 is 0 Å². The van der Waals surface area contributed by atoms with Crippen molar-refractivity contribution < 1.29 is 23.7 Å². The third kappa shape index (κ3) is 9.00. The fourth-order valence-corrected chi connectivity index (χ4v) is 5.26. The molecule has 2 aromatic carbocycles. The van der Waals surface area contributed by atoms with E-state index in [2.05, 4.69) is 50.2 Å². The Balaban J connectivity index is 1.17. The maximum atomic E-state index is 6.43. The van der Waals surface area contributed by atoms with Crippen LogP contribution in [0.25, 0.3) is 0 Å². The monoisotopic (exact) mass is 524 g/mol. The summed E-state index contributed by atoms with van der Waals surface area (Å²) in [7, 11) is 0. The third-order valence-electron chi connectivity index (χ3n) is 7.61. The van der Waals surface area contributed by atoms with Crippen LogP contribution in [0, 0.1) is 0 Å². The SMILES string of the molecule is CCCCCCCCOc1ccc([C@H]2CC[C@@H]3O[C@H](c4ccc(OCCCCCC)cc4)OC[C@H]3O2)cc1. The van der Waals surface area contributed by atoms with Crippen LogP contribution in [-0.2, 0) is 14.2 Å². The maximum absolute atomic E-state index is 6.43. The van der Waals surface area contributed by atoms with E-state index in [1.165, 1.54) is 56.9 Å². The Kier molecular flexibility index (Phi) is 12.3. The van der Waals surface area contributed by atoms with Gasteiger partial charge in [-0.15, -0.1) is 0 Å². The van der Waals surface area contributed by atoms with Crippen LogP contribution in [0.15, 0.2) is 48.5 Å². The molecule has 4 atom stereocenters. The minimum atomic E-state index is -0.349. The average molecular weight is 525 g/mol. The van der Waals surface area contributed by atoms with Crippen LogP contribution in [-0.4, -0.2) is 32.0 Å². The van der Waals surface area contributed by atoms with Gasteiger partial charge >= 0.3 is 0 Å². The highest BCUT2D eigenvalue weighted by Gasteiger charge is 2.38. The molecule has 0 bridgehead atoms. The second-order valence-corrected chi connectivity index (χ2v) is 10.7. The molecule has 0 radical (unpaired) electrons. The minimum absolute atomic E-state index is 0.0423. The Morgan fingerprint density at radius 1 is 0.605 bits per heavy atom. The van der Waals surface area contributed by atoms with Crippen molar-refractivity contribution in [3.63, 3.8) is 0 Å². The van der Waals surface area contributed by atoms with Crippen molar-refractivity contribution in [2.45, 2.75) is 115 Å². The molecule has 0 N–H and O–H groups in total. The van der Waals surface area contributed by atoms with Crippen molar-refractivity contribution in [3.8, 4) is 11.5 Å². The molecule has 0 aliphatic carbocycles. The van der Waals surface area contributed by atoms with Gasteiger partial charge in [0, 0.05) is 5.56 Å². The third-order valence-corrected chi connectivity index (χ3v) is 7.61. The number of hydrogen-bond acceptors (Lipinski definition) is 5. The van der Waals surface area contributed by atoms with Gasteiger partial charge in [-0.1, -0.05) is 89.5 Å². The van der Waals surface area contributed by atoms with Crippen LogP contribution < -0.4 is 9.47 Å². The molecule has 2 aromatic rings. The van der Waals surface area contributed by atoms with E-state index in [0.717, 1.165) is 56.0 Å². The molecular weight excluding hydrogens is 476 g/mol. The van der Waals surface area contributed by atoms with E-state index in [1.54, 1.807) is 0 Å². The fourth-order valence-electron chi connectivity index (χ4n) is 5.26. The topological polar surface area (TPSA) is 46.2 Å². The molecule has 2 aliphatic heterocycles. The van der Waals surface area contributed by atoms with Crippen molar-refractivity contribution in [1.82, 2.24) is 0 Å². The number of rotatable bonds is 16. The van der Waals surface area contributed by atoms with Crippen molar-refractivity contribution >= 4 is 0 Å². The molecule has 0 amide bonds. The van der Waals surface area contributed by atoms with E-state index in [9.17, 15) is 0 Å². The maximum Gasteiger partial charge on any atom is 0.184 e. The Morgan fingerprint density at radius 2 is 1.16 bits per heavy atom. The molecular formula is C33H48O5. The van der Waals surface area contributed by atoms with Crippen LogP contribution in [0.1, 0.15) is 114 Å². The van der Waals surface area contributed by atoms with E-state index in [-0.39, 0.29) is 24.6 Å². The van der Waals surface area contributed by atoms with Crippen molar-refractivity contribution in [1.29, 1.82) is 0 Å². The minimum Gasteiger partial charge on any atom is -0.494 e. The summed E-state index contributed by atoms with van der Waals surface area (Å²) in [6.07, 6.45) is 14.1. The standard InChI is InChI=1S/C33H48O5/c1-3-5-7-9-10-12-24-35-28-17-13-26(14-18-28)30-21-22-31-32(37-30)25-36-33(38-31)27-15-19-29(20-16-27)34-23-11-8-6-4-2/h13-20,30-33H,3-12,21-25H2,1-2H3/t30-,31+,32-,33-/m1/s1. The first-order chi connectivity index (χ1) is 18.8. The first kappa shape index (κ1) is 28.9. The summed E-state index contributed by atoms with van der Waals surface area (Å²) >= 11 is 0. The number of ether oxygens (including phenoxy) is 5. The molecule has 38 heavy (non-hydrogen) atoms. The summed E-state index contributed by atoms with van der Waals surface area (Å²) in [5.74, 6) is 1.85. The average Bonchev–Trinajstić information content (AvgIpc) is 2.97. The number of unbranched alkanes of at least 4 members (excludes halogenated alkanes) is 8. The Bertz CT molecular complexity index is 897. The largest absolute Gasteiger partial charge is 0.494 e. The second kappa shape index (κ2) is 16.1. The van der Waals surface area contributed by atoms with E-state index in [0.29, 0.717) is 6.61 Å². The van der Waals surface area contributed by atoms with E-state index >= 15 is 0 Å². The van der Waals surface area contributed by atoms with Gasteiger partial charge in [0.15, 0.2) is 6.29 Å². The summed E-state index contributed by atoms with van der Waals surface area (Å²) in [5, 5.41) is 0. The molecule has 4 rings (SSSR count). The quantitative estimate of drug-likeness (QED) is 0.205. The first-order valence-electron chi connectivity index (χ1n) is 15.1. The number of benzene rings is 2. The number of hydrogen-bond donors (Lipinski definition) is 0. The summed E-state index contributed by atoms with van der Waals surface area (Å²) in [6.45, 7) is 6.58. The van der Waals surface area contributed by atoms with Crippen LogP contribution in [0.5, 0.6) is 11.5 Å². The van der Waals surface area contributed by atoms with Crippen LogP contribution in [0.4, 0.5) is 0 Å². The lowest BCUT2D eigenvalue weighted by atomic mass is 9.95. The van der Waals surface area contributed by atoms with Gasteiger partial charge in [-0.25, -0.2) is 0 Å². The van der Waals surface area contributed by atoms with Crippen LogP contribution in [0.3, 0.4) is 0 Å². The van der Waals surface area contributed by atoms with Gasteiger partial charge in [0.1, 0.15) is 17.6 Å². The lowest BCUT2D eigenvalue weighted by molar-refractivity contribution is -0.289. The van der Waals surface area contributed by atoms with E-state index in [1.807, 2.05) is 12.1 Å². The van der Waals surface area contributed by atoms with Gasteiger partial charge in [-0.3, -0.25) is 0 Å². The van der Waals surface area contributed by atoms with Crippen LogP contribution in [0.2, 0.25) is 0 Å². The summed E-state index contributed by atoms with van der Waals surface area (Å²) in [6, 6.07) is 16.6. The molecule has 2 aliphatic rings. The highest BCUT2D eigenvalue weighted by atomic mass is 16.7. The molecule has 0 unspecified atom stereocenters. The van der Waals surface area contributed by atoms with Gasteiger partial charge in [0.05, 0.1) is 32.0 Å². The number of fused-ring (bicyclic) bond motifs is 1. The normalized spacial score (nSPS) is 23.1. The molecule has 2 fully saturated rings. The Morgan fingerprint density at radius 3 is 1.79 bits per heavy atom. The predicted molar refractivity (Wildman–Crippen MR) is 152 cm³/mol. The van der Waals surface area contributed by atoms with Crippen molar-refractivity contribution in [2.24, 2.45) is 0 Å². The summed E-state index contributed by atoms with van der Waals surface area (Å²) in [4.78, 5) is 0. The zero-order valence-corrected chi connectivity index (χ0v) is 23.6. The van der Waals surface area contributed by atoms with E-state index in [4.69, 9.17) is 23.7 Å². The first-order valence-corrected chi connectivity index (χ1v) is 15.1. The lowest BCUT2D eigenvalue weighted by Gasteiger charge is -2.42. The zero-order valence-electron chi connectivity index (χ0n) is 23.6. The molecule has 2 saturated heterocycles.